The van der Waals surface area contributed by atoms with Gasteiger partial charge in [-0.15, -0.1) is 0 Å². The Balaban J connectivity index is 3.25. The molecule has 1 heteroatoms. The first-order valence-electron chi connectivity index (χ1n) is 3.75. The molecule has 0 bridgehead atoms. The zero-order valence-corrected chi connectivity index (χ0v) is 6.72. The van der Waals surface area contributed by atoms with Crippen molar-refractivity contribution >= 4 is 7.28 Å². The van der Waals surface area contributed by atoms with Gasteiger partial charge in [-0.3, -0.25) is 0 Å². The Kier molecular flexibility index (Phi) is 5.80. The molecule has 0 aliphatic rings. The lowest BCUT2D eigenvalue weighted by molar-refractivity contribution is 0.819. The normalized spacial score (nSPS) is 14.1. The van der Waals surface area contributed by atoms with Crippen molar-refractivity contribution in [2.45, 2.75) is 33.4 Å². The molecule has 0 saturated carbocycles. The molecule has 1 atom stereocenters. The summed E-state index contributed by atoms with van der Waals surface area (Å²) in [6.07, 6.45) is 6.87. The van der Waals surface area contributed by atoms with Crippen molar-refractivity contribution in [1.82, 2.24) is 0 Å². The highest BCUT2D eigenvalue weighted by atomic mass is 13.9. The van der Waals surface area contributed by atoms with E-state index in [0.717, 1.165) is 12.3 Å². The van der Waals surface area contributed by atoms with E-state index in [1.165, 1.54) is 6.32 Å². The third-order valence-corrected chi connectivity index (χ3v) is 1.31. The standard InChI is InChI=1S/C8H16B/c1-4-5-6-8(2)7-9-3/h5-6,8H,4,7H2,1-3H3. The van der Waals surface area contributed by atoms with Crippen LogP contribution in [0.25, 0.3) is 0 Å². The van der Waals surface area contributed by atoms with Crippen LogP contribution < -0.4 is 0 Å². The van der Waals surface area contributed by atoms with E-state index in [9.17, 15) is 0 Å². The fourth-order valence-corrected chi connectivity index (χ4v) is 0.819. The van der Waals surface area contributed by atoms with E-state index in [1.54, 1.807) is 0 Å². The highest BCUT2D eigenvalue weighted by Gasteiger charge is 1.92. The Morgan fingerprint density at radius 3 is 2.67 bits per heavy atom. The molecule has 9 heavy (non-hydrogen) atoms. The third-order valence-electron chi connectivity index (χ3n) is 1.31. The van der Waals surface area contributed by atoms with E-state index in [1.807, 2.05) is 0 Å². The minimum Gasteiger partial charge on any atom is -0.0920 e. The van der Waals surface area contributed by atoms with Crippen molar-refractivity contribution < 1.29 is 0 Å². The molecule has 0 N–H and O–H groups in total. The van der Waals surface area contributed by atoms with Gasteiger partial charge in [-0.05, 0) is 12.3 Å². The van der Waals surface area contributed by atoms with E-state index in [0.29, 0.717) is 0 Å². The van der Waals surface area contributed by atoms with Crippen LogP contribution >= 0.6 is 0 Å². The molecule has 0 nitrogen and oxygen atoms in total. The monoisotopic (exact) mass is 123 g/mol. The van der Waals surface area contributed by atoms with Crippen molar-refractivity contribution in [3.05, 3.63) is 12.2 Å². The maximum atomic E-state index is 2.28. The molecule has 0 fully saturated rings. The second-order valence-electron chi connectivity index (χ2n) is 2.46. The number of hydrogen-bond acceptors (Lipinski definition) is 0. The van der Waals surface area contributed by atoms with Crippen LogP contribution in [0.4, 0.5) is 0 Å². The minimum absolute atomic E-state index is 0.731. The van der Waals surface area contributed by atoms with E-state index >= 15 is 0 Å². The molecule has 0 aromatic rings. The van der Waals surface area contributed by atoms with Crippen LogP contribution in [0.15, 0.2) is 12.2 Å². The first-order valence-corrected chi connectivity index (χ1v) is 3.75. The van der Waals surface area contributed by atoms with E-state index in [2.05, 4.69) is 40.1 Å². The summed E-state index contributed by atoms with van der Waals surface area (Å²) in [5, 5.41) is 0. The van der Waals surface area contributed by atoms with Gasteiger partial charge in [0.25, 0.3) is 0 Å². The van der Waals surface area contributed by atoms with Gasteiger partial charge in [-0.1, -0.05) is 39.1 Å². The average molecular weight is 123 g/mol. The molecule has 0 amide bonds. The maximum absolute atomic E-state index is 2.28. The molecule has 0 spiro atoms. The van der Waals surface area contributed by atoms with Crippen molar-refractivity contribution in [1.29, 1.82) is 0 Å². The zero-order valence-electron chi connectivity index (χ0n) is 6.72. The van der Waals surface area contributed by atoms with Gasteiger partial charge in [0.1, 0.15) is 7.28 Å². The van der Waals surface area contributed by atoms with Gasteiger partial charge >= 0.3 is 0 Å². The topological polar surface area (TPSA) is 0 Å². The maximum Gasteiger partial charge on any atom is 0.106 e. The number of hydrogen-bond donors (Lipinski definition) is 0. The molecule has 0 aromatic heterocycles. The lowest BCUT2D eigenvalue weighted by Gasteiger charge is -1.99. The largest absolute Gasteiger partial charge is 0.106 e. The van der Waals surface area contributed by atoms with Crippen LogP contribution in [0.5, 0.6) is 0 Å². The predicted octanol–water partition coefficient (Wildman–Crippen LogP) is 2.76. The Morgan fingerprint density at radius 1 is 1.56 bits per heavy atom. The molecule has 1 radical (unpaired) electrons. The zero-order chi connectivity index (χ0) is 7.11. The van der Waals surface area contributed by atoms with Crippen LogP contribution in [0.3, 0.4) is 0 Å². The quantitative estimate of drug-likeness (QED) is 0.398. The van der Waals surface area contributed by atoms with Gasteiger partial charge in [0.05, 0.1) is 0 Å². The summed E-state index contributed by atoms with van der Waals surface area (Å²) < 4.78 is 0. The molecule has 0 aliphatic carbocycles. The van der Waals surface area contributed by atoms with Crippen LogP contribution in [0.1, 0.15) is 20.3 Å². The van der Waals surface area contributed by atoms with Crippen LogP contribution in [-0.4, -0.2) is 7.28 Å². The number of rotatable bonds is 4. The van der Waals surface area contributed by atoms with Crippen LogP contribution in [0.2, 0.25) is 13.1 Å². The van der Waals surface area contributed by atoms with Gasteiger partial charge in [-0.2, -0.15) is 0 Å². The Morgan fingerprint density at radius 2 is 2.22 bits per heavy atom. The van der Waals surface area contributed by atoms with Crippen molar-refractivity contribution in [2.75, 3.05) is 0 Å². The molecule has 0 aromatic carbocycles. The van der Waals surface area contributed by atoms with Gasteiger partial charge in [0.15, 0.2) is 0 Å². The fourth-order valence-electron chi connectivity index (χ4n) is 0.819. The molecule has 1 unspecified atom stereocenters. The Hall–Kier alpha value is -0.195. The molecular weight excluding hydrogens is 107 g/mol. The van der Waals surface area contributed by atoms with Gasteiger partial charge in [-0.25, -0.2) is 0 Å². The number of allylic oxidation sites excluding steroid dienone is 2. The van der Waals surface area contributed by atoms with Crippen molar-refractivity contribution in [2.24, 2.45) is 5.92 Å². The lowest BCUT2D eigenvalue weighted by atomic mass is 9.73. The summed E-state index contributed by atoms with van der Waals surface area (Å²) in [6, 6.07) is 0. The smallest absolute Gasteiger partial charge is 0.0920 e. The van der Waals surface area contributed by atoms with Gasteiger partial charge in [0, 0.05) is 0 Å². The fraction of sp³-hybridized carbons (Fsp3) is 0.750. The summed E-state index contributed by atoms with van der Waals surface area (Å²) in [4.78, 5) is 0. The van der Waals surface area contributed by atoms with Crippen LogP contribution in [-0.2, 0) is 0 Å². The molecule has 0 heterocycles. The second-order valence-corrected chi connectivity index (χ2v) is 2.46. The summed E-state index contributed by atoms with van der Waals surface area (Å²) in [7, 11) is 2.21. The minimum atomic E-state index is 0.731. The Labute approximate surface area is 59.6 Å². The predicted molar refractivity (Wildman–Crippen MR) is 45.0 cm³/mol. The molecule has 0 aliphatic heterocycles. The summed E-state index contributed by atoms with van der Waals surface area (Å²) in [5.41, 5.74) is 0. The highest BCUT2D eigenvalue weighted by Crippen LogP contribution is 2.03. The summed E-state index contributed by atoms with van der Waals surface area (Å²) in [5.74, 6) is 0.731. The molecule has 0 saturated heterocycles. The SMILES string of the molecule is C[B]CC(C)C=CCC. The lowest BCUT2D eigenvalue weighted by Crippen LogP contribution is -1.91. The highest BCUT2D eigenvalue weighted by molar-refractivity contribution is 6.33. The molecule has 0 rings (SSSR count). The van der Waals surface area contributed by atoms with Gasteiger partial charge < -0.3 is 0 Å². The van der Waals surface area contributed by atoms with Gasteiger partial charge in [0.2, 0.25) is 0 Å². The van der Waals surface area contributed by atoms with E-state index < -0.39 is 0 Å². The first-order chi connectivity index (χ1) is 4.31. The average Bonchev–Trinajstić information content (AvgIpc) is 1.85. The van der Waals surface area contributed by atoms with Crippen molar-refractivity contribution in [3.63, 3.8) is 0 Å². The van der Waals surface area contributed by atoms with E-state index in [-0.39, 0.29) is 0 Å². The first kappa shape index (κ1) is 8.80. The van der Waals surface area contributed by atoms with Crippen molar-refractivity contribution in [3.8, 4) is 0 Å². The summed E-state index contributed by atoms with van der Waals surface area (Å²) in [6.45, 7) is 6.52. The third kappa shape index (κ3) is 5.68. The molecular formula is C8H16B. The van der Waals surface area contributed by atoms with Crippen LogP contribution in [0, 0.1) is 5.92 Å². The molecule has 51 valence electrons. The summed E-state index contributed by atoms with van der Waals surface area (Å²) >= 11 is 0. The van der Waals surface area contributed by atoms with E-state index in [4.69, 9.17) is 0 Å². The Bertz CT molecular complexity index is 76.6. The second kappa shape index (κ2) is 5.93.